The van der Waals surface area contributed by atoms with Crippen molar-refractivity contribution in [2.24, 2.45) is 5.92 Å². The molecule has 0 aromatic rings. The molecule has 0 amide bonds. The zero-order chi connectivity index (χ0) is 5.70. The SMILES string of the molecule is [B-][SH+]CCC(C)C. The van der Waals surface area contributed by atoms with Crippen molar-refractivity contribution >= 4 is 18.7 Å². The summed E-state index contributed by atoms with van der Waals surface area (Å²) < 4.78 is 0. The highest BCUT2D eigenvalue weighted by Gasteiger charge is 1.89. The van der Waals surface area contributed by atoms with Gasteiger partial charge >= 0.3 is 0 Å². The molecule has 0 aliphatic rings. The fourth-order valence-electron chi connectivity index (χ4n) is 0.333. The third-order valence-electron chi connectivity index (χ3n) is 0.836. The van der Waals surface area contributed by atoms with Gasteiger partial charge in [0, 0.05) is 0 Å². The average Bonchev–Trinajstić information content (AvgIpc) is 1.61. The van der Waals surface area contributed by atoms with Gasteiger partial charge in [-0.25, -0.2) is 7.12 Å². The van der Waals surface area contributed by atoms with Crippen LogP contribution in [0.15, 0.2) is 0 Å². The van der Waals surface area contributed by atoms with Crippen LogP contribution in [0.1, 0.15) is 20.3 Å². The second kappa shape index (κ2) is 4.57. The molecule has 0 aliphatic carbocycles. The van der Waals surface area contributed by atoms with Crippen LogP contribution in [0.3, 0.4) is 0 Å². The van der Waals surface area contributed by atoms with E-state index in [4.69, 9.17) is 7.12 Å². The van der Waals surface area contributed by atoms with E-state index >= 15 is 0 Å². The number of rotatable bonds is 3. The lowest BCUT2D eigenvalue weighted by molar-refractivity contribution is 0.632. The summed E-state index contributed by atoms with van der Waals surface area (Å²) in [6, 6.07) is 0. The van der Waals surface area contributed by atoms with E-state index in [1.54, 1.807) is 0 Å². The fourth-order valence-corrected chi connectivity index (χ4v) is 0.998. The minimum atomic E-state index is 0.816. The van der Waals surface area contributed by atoms with Crippen molar-refractivity contribution in [3.05, 3.63) is 0 Å². The Hall–Kier alpha value is 0.415. The molecule has 0 N–H and O–H groups in total. The molecule has 0 heterocycles. The molecule has 0 nitrogen and oxygen atoms in total. The lowest BCUT2D eigenvalue weighted by Gasteiger charge is -1.99. The van der Waals surface area contributed by atoms with Crippen LogP contribution in [0.5, 0.6) is 0 Å². The summed E-state index contributed by atoms with van der Waals surface area (Å²) in [6.45, 7) is 4.43. The van der Waals surface area contributed by atoms with Gasteiger partial charge < -0.3 is 11.6 Å². The Labute approximate surface area is 51.4 Å². The average molecular weight is 115 g/mol. The monoisotopic (exact) mass is 115 g/mol. The summed E-state index contributed by atoms with van der Waals surface area (Å²) in [4.78, 5) is 0. The smallest absolute Gasteiger partial charge is 0.0528 e. The molecule has 2 heteroatoms. The summed E-state index contributed by atoms with van der Waals surface area (Å²) in [6.07, 6.45) is 1.26. The first-order valence-electron chi connectivity index (χ1n) is 2.64. The Morgan fingerprint density at radius 1 is 1.57 bits per heavy atom. The third kappa shape index (κ3) is 6.41. The molecule has 0 fully saturated rings. The number of thiol groups is 1. The van der Waals surface area contributed by atoms with Gasteiger partial charge in [0.25, 0.3) is 0 Å². The molecule has 0 aromatic heterocycles. The van der Waals surface area contributed by atoms with Gasteiger partial charge in [0.15, 0.2) is 0 Å². The van der Waals surface area contributed by atoms with Crippen LogP contribution in [0.2, 0.25) is 0 Å². The molecular formula is C5H12BS. The van der Waals surface area contributed by atoms with Crippen molar-refractivity contribution in [3.8, 4) is 0 Å². The second-order valence-electron chi connectivity index (χ2n) is 2.09. The van der Waals surface area contributed by atoms with Gasteiger partial charge in [-0.15, -0.1) is 0 Å². The first-order valence-corrected chi connectivity index (χ1v) is 3.79. The molecule has 0 unspecified atom stereocenters. The summed E-state index contributed by atoms with van der Waals surface area (Å²) in [5, 5.41) is 0. The minimum Gasteiger partial charge on any atom is -0.345 e. The molecule has 41 valence electrons. The zero-order valence-corrected chi connectivity index (χ0v) is 5.91. The van der Waals surface area contributed by atoms with E-state index in [0.717, 1.165) is 23.3 Å². The van der Waals surface area contributed by atoms with E-state index in [0.29, 0.717) is 0 Å². The molecule has 0 rings (SSSR count). The van der Waals surface area contributed by atoms with Crippen LogP contribution >= 0.6 is 0 Å². The van der Waals surface area contributed by atoms with Gasteiger partial charge in [-0.05, 0) is 12.3 Å². The summed E-state index contributed by atoms with van der Waals surface area (Å²) in [5.74, 6) is 1.97. The molecule has 0 saturated heterocycles. The van der Waals surface area contributed by atoms with E-state index in [-0.39, 0.29) is 0 Å². The van der Waals surface area contributed by atoms with Gasteiger partial charge in [0.1, 0.15) is 0 Å². The molecule has 0 saturated carbocycles. The maximum atomic E-state index is 5.25. The van der Waals surface area contributed by atoms with Crippen molar-refractivity contribution in [2.45, 2.75) is 20.3 Å². The Morgan fingerprint density at radius 2 is 2.14 bits per heavy atom. The first-order chi connectivity index (χ1) is 3.27. The molecule has 0 aromatic carbocycles. The lowest BCUT2D eigenvalue weighted by atomic mass is 10.2. The molecule has 7 heavy (non-hydrogen) atoms. The van der Waals surface area contributed by atoms with Crippen LogP contribution in [-0.2, 0) is 11.6 Å². The Bertz CT molecular complexity index is 37.1. The predicted octanol–water partition coefficient (Wildman–Crippen LogP) is 0.931. The topological polar surface area (TPSA) is 0 Å². The van der Waals surface area contributed by atoms with Crippen LogP contribution in [-0.4, -0.2) is 12.9 Å². The number of hydrogen-bond donors (Lipinski definition) is 0. The molecule has 3 radical (unpaired) electrons. The van der Waals surface area contributed by atoms with E-state index < -0.39 is 0 Å². The molecular weight excluding hydrogens is 103 g/mol. The van der Waals surface area contributed by atoms with Crippen LogP contribution in [0, 0.1) is 5.92 Å². The Morgan fingerprint density at radius 3 is 2.29 bits per heavy atom. The highest BCUT2D eigenvalue weighted by atomic mass is 32.2. The Kier molecular flexibility index (Phi) is 4.84. The van der Waals surface area contributed by atoms with Gasteiger partial charge in [0.2, 0.25) is 0 Å². The zero-order valence-electron chi connectivity index (χ0n) is 5.02. The number of hydrogen-bond acceptors (Lipinski definition) is 0. The van der Waals surface area contributed by atoms with E-state index in [1.807, 2.05) is 0 Å². The largest absolute Gasteiger partial charge is 0.345 e. The quantitative estimate of drug-likeness (QED) is 0.291. The van der Waals surface area contributed by atoms with Gasteiger partial charge in [-0.3, -0.25) is 0 Å². The fraction of sp³-hybridized carbons (Fsp3) is 1.00. The van der Waals surface area contributed by atoms with Crippen LogP contribution in [0.25, 0.3) is 0 Å². The van der Waals surface area contributed by atoms with Crippen molar-refractivity contribution < 1.29 is 0 Å². The predicted molar refractivity (Wildman–Crippen MR) is 38.8 cm³/mol. The lowest BCUT2D eigenvalue weighted by Crippen LogP contribution is -1.93. The van der Waals surface area contributed by atoms with Gasteiger partial charge in [-0.1, -0.05) is 13.8 Å². The Balaban J connectivity index is 2.68. The molecule has 0 aliphatic heterocycles. The van der Waals surface area contributed by atoms with E-state index in [2.05, 4.69) is 13.8 Å². The maximum Gasteiger partial charge on any atom is 0.0528 e. The summed E-state index contributed by atoms with van der Waals surface area (Å²) in [5.41, 5.74) is 0. The highest BCUT2D eigenvalue weighted by molar-refractivity contribution is 8.01. The highest BCUT2D eigenvalue weighted by Crippen LogP contribution is 1.97. The van der Waals surface area contributed by atoms with E-state index in [9.17, 15) is 0 Å². The normalized spacial score (nSPS) is 10.3. The minimum absolute atomic E-state index is 0.816. The third-order valence-corrected chi connectivity index (χ3v) is 1.35. The maximum absolute atomic E-state index is 5.25. The van der Waals surface area contributed by atoms with Crippen LogP contribution < -0.4 is 0 Å². The molecule has 0 atom stereocenters. The second-order valence-corrected chi connectivity index (χ2v) is 2.90. The molecule has 0 bridgehead atoms. The standard InChI is InChI=1S/C5H12BS/c1-5(2)3-4-7-6/h5,7H,3-4H2,1-2H3. The van der Waals surface area contributed by atoms with Gasteiger partial charge in [-0.2, -0.15) is 0 Å². The summed E-state index contributed by atoms with van der Waals surface area (Å²) in [7, 11) is 5.25. The van der Waals surface area contributed by atoms with Crippen molar-refractivity contribution in [3.63, 3.8) is 0 Å². The first kappa shape index (κ1) is 7.41. The van der Waals surface area contributed by atoms with Crippen molar-refractivity contribution in [1.82, 2.24) is 0 Å². The summed E-state index contributed by atoms with van der Waals surface area (Å²) >= 11 is 1.04. The van der Waals surface area contributed by atoms with Crippen molar-refractivity contribution in [1.29, 1.82) is 0 Å². The van der Waals surface area contributed by atoms with Gasteiger partial charge in [0.05, 0.1) is 5.75 Å². The van der Waals surface area contributed by atoms with Crippen LogP contribution in [0.4, 0.5) is 0 Å². The molecule has 0 spiro atoms. The van der Waals surface area contributed by atoms with E-state index in [1.165, 1.54) is 6.42 Å². The van der Waals surface area contributed by atoms with Crippen molar-refractivity contribution in [2.75, 3.05) is 5.75 Å².